The van der Waals surface area contributed by atoms with Crippen LogP contribution in [0.1, 0.15) is 17.8 Å². The van der Waals surface area contributed by atoms with Crippen molar-refractivity contribution in [3.05, 3.63) is 59.4 Å². The minimum Gasteiger partial charge on any atom is -0.487 e. The highest BCUT2D eigenvalue weighted by Crippen LogP contribution is 2.28. The van der Waals surface area contributed by atoms with Gasteiger partial charge in [-0.25, -0.2) is 4.39 Å². The number of para-hydroxylation sites is 1. The number of halogens is 1. The third kappa shape index (κ3) is 4.09. The van der Waals surface area contributed by atoms with Crippen LogP contribution in [-0.2, 0) is 6.61 Å². The van der Waals surface area contributed by atoms with Crippen molar-refractivity contribution in [1.82, 2.24) is 10.2 Å². The van der Waals surface area contributed by atoms with E-state index < -0.39 is 0 Å². The first-order chi connectivity index (χ1) is 13.2. The molecule has 27 heavy (non-hydrogen) atoms. The second kappa shape index (κ2) is 8.02. The number of aliphatic hydroxyl groups is 1. The Bertz CT molecular complexity index is 892. The third-order valence-corrected chi connectivity index (χ3v) is 5.61. The van der Waals surface area contributed by atoms with Gasteiger partial charge in [-0.2, -0.15) is 0 Å². The van der Waals surface area contributed by atoms with Crippen molar-refractivity contribution in [2.75, 3.05) is 18.0 Å². The molecule has 140 valence electrons. The smallest absolute Gasteiger partial charge is 0.165 e. The molecule has 7 heteroatoms. The quantitative estimate of drug-likeness (QED) is 0.722. The van der Waals surface area contributed by atoms with E-state index in [1.165, 1.54) is 17.4 Å². The fraction of sp³-hybridized carbons (Fsp3) is 0.300. The molecule has 0 saturated carbocycles. The Kier molecular flexibility index (Phi) is 5.31. The van der Waals surface area contributed by atoms with Gasteiger partial charge < -0.3 is 14.7 Å². The van der Waals surface area contributed by atoms with Crippen LogP contribution < -0.4 is 9.64 Å². The molecule has 2 heterocycles. The first-order valence-electron chi connectivity index (χ1n) is 8.93. The van der Waals surface area contributed by atoms with Gasteiger partial charge in [0.05, 0.1) is 6.61 Å². The summed E-state index contributed by atoms with van der Waals surface area (Å²) < 4.78 is 19.6. The topological polar surface area (TPSA) is 58.5 Å². The zero-order valence-corrected chi connectivity index (χ0v) is 15.5. The lowest BCUT2D eigenvalue weighted by Gasteiger charge is -2.33. The average Bonchev–Trinajstić information content (AvgIpc) is 3.20. The number of rotatable bonds is 5. The van der Waals surface area contributed by atoms with E-state index >= 15 is 0 Å². The molecule has 0 spiro atoms. The van der Waals surface area contributed by atoms with E-state index in [9.17, 15) is 4.39 Å². The number of benzene rings is 2. The van der Waals surface area contributed by atoms with Crippen molar-refractivity contribution >= 4 is 17.0 Å². The van der Waals surface area contributed by atoms with Crippen LogP contribution in [0.3, 0.4) is 0 Å². The summed E-state index contributed by atoms with van der Waals surface area (Å²) in [5.74, 6) is 0.0242. The summed E-state index contributed by atoms with van der Waals surface area (Å²) in [5, 5.41) is 18.6. The van der Waals surface area contributed by atoms with Crippen LogP contribution >= 0.6 is 11.3 Å². The van der Waals surface area contributed by atoms with Gasteiger partial charge in [-0.15, -0.1) is 10.2 Å². The molecule has 0 bridgehead atoms. The molecule has 1 N–H and O–H groups in total. The molecule has 1 aliphatic heterocycles. The summed E-state index contributed by atoms with van der Waals surface area (Å²) in [5.41, 5.74) is 2.14. The Balaban J connectivity index is 1.36. The van der Waals surface area contributed by atoms with Crippen LogP contribution in [0.5, 0.6) is 5.75 Å². The monoisotopic (exact) mass is 385 g/mol. The van der Waals surface area contributed by atoms with Gasteiger partial charge in [-0.1, -0.05) is 23.5 Å². The summed E-state index contributed by atoms with van der Waals surface area (Å²) in [6, 6.07) is 14.8. The van der Waals surface area contributed by atoms with Crippen LogP contribution in [0.2, 0.25) is 0 Å². The summed E-state index contributed by atoms with van der Waals surface area (Å²) in [6.07, 6.45) is 1.74. The molecule has 1 saturated heterocycles. The number of hydrogen-bond donors (Lipinski definition) is 1. The van der Waals surface area contributed by atoms with Gasteiger partial charge in [0.25, 0.3) is 0 Å². The molecule has 0 aliphatic carbocycles. The number of aliphatic hydroxyl groups excluding tert-OH is 1. The molecule has 4 rings (SSSR count). The largest absolute Gasteiger partial charge is 0.487 e. The fourth-order valence-electron chi connectivity index (χ4n) is 3.20. The molecule has 1 fully saturated rings. The van der Waals surface area contributed by atoms with Crippen molar-refractivity contribution in [2.45, 2.75) is 25.6 Å². The number of nitrogens with zero attached hydrogens (tertiary/aromatic N) is 3. The Labute approximate surface area is 161 Å². The van der Waals surface area contributed by atoms with E-state index in [4.69, 9.17) is 9.84 Å². The highest BCUT2D eigenvalue weighted by molar-refractivity contribution is 7.14. The van der Waals surface area contributed by atoms with Crippen molar-refractivity contribution < 1.29 is 14.2 Å². The molecule has 0 unspecified atom stereocenters. The lowest BCUT2D eigenvalue weighted by molar-refractivity contribution is 0.164. The van der Waals surface area contributed by atoms with Gasteiger partial charge in [0.2, 0.25) is 0 Å². The molecule has 0 radical (unpaired) electrons. The second-order valence-electron chi connectivity index (χ2n) is 6.44. The number of hydrogen-bond acceptors (Lipinski definition) is 6. The molecule has 2 aromatic carbocycles. The standard InChI is InChI=1S/C20H20FN3O2S/c21-17-3-1-2-4-18(17)26-16-9-11-24(12-10-16)15-7-5-14(6-8-15)20-23-22-19(13-25)27-20/h1-8,16,25H,9-13H2. The number of ether oxygens (including phenoxy) is 1. The van der Waals surface area contributed by atoms with Crippen LogP contribution in [0, 0.1) is 5.82 Å². The zero-order chi connectivity index (χ0) is 18.6. The number of piperidine rings is 1. The molecule has 1 aliphatic rings. The predicted molar refractivity (Wildman–Crippen MR) is 104 cm³/mol. The van der Waals surface area contributed by atoms with Gasteiger partial charge in [-0.05, 0) is 36.4 Å². The molecule has 1 aromatic heterocycles. The van der Waals surface area contributed by atoms with Crippen molar-refractivity contribution in [1.29, 1.82) is 0 Å². The Morgan fingerprint density at radius 2 is 1.81 bits per heavy atom. The van der Waals surface area contributed by atoms with Crippen LogP contribution in [-0.4, -0.2) is 34.5 Å². The SMILES string of the molecule is OCc1nnc(-c2ccc(N3CCC(Oc4ccccc4F)CC3)cc2)s1. The first-order valence-corrected chi connectivity index (χ1v) is 9.74. The van der Waals surface area contributed by atoms with Crippen molar-refractivity contribution in [3.63, 3.8) is 0 Å². The molecular weight excluding hydrogens is 365 g/mol. The normalized spacial score (nSPS) is 15.1. The zero-order valence-electron chi connectivity index (χ0n) is 14.7. The molecule has 0 amide bonds. The molecule has 0 atom stereocenters. The average molecular weight is 385 g/mol. The van der Waals surface area contributed by atoms with Gasteiger partial charge in [-0.3, -0.25) is 0 Å². The maximum atomic E-state index is 13.7. The Morgan fingerprint density at radius 3 is 2.48 bits per heavy atom. The lowest BCUT2D eigenvalue weighted by atomic mass is 10.1. The van der Waals surface area contributed by atoms with E-state index in [1.807, 2.05) is 12.1 Å². The van der Waals surface area contributed by atoms with Crippen LogP contribution in [0.25, 0.3) is 10.6 Å². The summed E-state index contributed by atoms with van der Waals surface area (Å²) in [4.78, 5) is 2.31. The first kappa shape index (κ1) is 17.9. The van der Waals surface area contributed by atoms with E-state index in [0.29, 0.717) is 10.8 Å². The predicted octanol–water partition coefficient (Wildman–Crippen LogP) is 3.88. The van der Waals surface area contributed by atoms with Gasteiger partial charge in [0.15, 0.2) is 11.6 Å². The Hall–Kier alpha value is -2.51. The summed E-state index contributed by atoms with van der Waals surface area (Å²) in [7, 11) is 0. The van der Waals surface area contributed by atoms with Gasteiger partial charge in [0.1, 0.15) is 16.1 Å². The van der Waals surface area contributed by atoms with E-state index in [2.05, 4.69) is 27.2 Å². The van der Waals surface area contributed by atoms with Crippen LogP contribution in [0.15, 0.2) is 48.5 Å². The van der Waals surface area contributed by atoms with Crippen molar-refractivity contribution in [3.8, 4) is 16.3 Å². The Morgan fingerprint density at radius 1 is 1.07 bits per heavy atom. The van der Waals surface area contributed by atoms with Gasteiger partial charge in [0, 0.05) is 37.2 Å². The second-order valence-corrected chi connectivity index (χ2v) is 7.50. The highest BCUT2D eigenvalue weighted by Gasteiger charge is 2.21. The lowest BCUT2D eigenvalue weighted by Crippen LogP contribution is -2.38. The molecule has 3 aromatic rings. The van der Waals surface area contributed by atoms with Crippen LogP contribution in [0.4, 0.5) is 10.1 Å². The minimum absolute atomic E-state index is 0.0377. The maximum Gasteiger partial charge on any atom is 0.165 e. The highest BCUT2D eigenvalue weighted by atomic mass is 32.1. The number of anilines is 1. The maximum absolute atomic E-state index is 13.7. The number of aromatic nitrogens is 2. The van der Waals surface area contributed by atoms with Crippen molar-refractivity contribution in [2.24, 2.45) is 0 Å². The molecule has 5 nitrogen and oxygen atoms in total. The minimum atomic E-state index is -0.309. The van der Waals surface area contributed by atoms with E-state index in [1.54, 1.807) is 18.2 Å². The molecular formula is C20H20FN3O2S. The third-order valence-electron chi connectivity index (χ3n) is 4.65. The van der Waals surface area contributed by atoms with Gasteiger partial charge >= 0.3 is 0 Å². The summed E-state index contributed by atoms with van der Waals surface area (Å²) in [6.45, 7) is 1.65. The van der Waals surface area contributed by atoms with E-state index in [-0.39, 0.29) is 18.5 Å². The summed E-state index contributed by atoms with van der Waals surface area (Å²) >= 11 is 1.40. The fourth-order valence-corrected chi connectivity index (χ4v) is 3.91. The van der Waals surface area contributed by atoms with E-state index in [0.717, 1.165) is 42.2 Å².